The van der Waals surface area contributed by atoms with E-state index in [1.165, 1.54) is 17.6 Å². The minimum Gasteiger partial charge on any atom is -0.370 e. The first-order chi connectivity index (χ1) is 14.1. The zero-order valence-electron chi connectivity index (χ0n) is 17.7. The van der Waals surface area contributed by atoms with Crippen LogP contribution in [0, 0.1) is 11.8 Å². The number of thioether (sulfide) groups is 1. The number of hydrogen-bond acceptors (Lipinski definition) is 4. The van der Waals surface area contributed by atoms with E-state index in [0.29, 0.717) is 24.4 Å². The van der Waals surface area contributed by atoms with Crippen molar-refractivity contribution < 1.29 is 9.53 Å². The molecule has 4 atom stereocenters. The van der Waals surface area contributed by atoms with Gasteiger partial charge in [0.1, 0.15) is 0 Å². The Morgan fingerprint density at radius 3 is 2.97 bits per heavy atom. The lowest BCUT2D eigenvalue weighted by molar-refractivity contribution is -0.121. The van der Waals surface area contributed by atoms with Gasteiger partial charge >= 0.3 is 0 Å². The minimum atomic E-state index is 0.0212. The Balaban J connectivity index is 1.40. The number of allylic oxidation sites excluding steroid dienone is 1. The molecule has 0 unspecified atom stereocenters. The summed E-state index contributed by atoms with van der Waals surface area (Å²) in [6.45, 7) is 6.07. The smallest absolute Gasteiger partial charge is 0.220 e. The number of carbonyl (C=O) groups is 1. The second-order valence-corrected chi connectivity index (χ2v) is 9.74. The molecule has 3 fully saturated rings. The molecule has 0 aliphatic carbocycles. The Morgan fingerprint density at radius 1 is 1.38 bits per heavy atom. The normalized spacial score (nSPS) is 31.2. The Bertz CT molecular complexity index is 738. The molecule has 0 radical (unpaired) electrons. The Hall–Kier alpha value is -1.30. The number of rotatable bonds is 9. The summed E-state index contributed by atoms with van der Waals surface area (Å²) in [4.78, 5) is 14.7. The number of ether oxygens (including phenoxy) is 1. The van der Waals surface area contributed by atoms with Crippen molar-refractivity contribution in [1.82, 2.24) is 10.2 Å². The molecule has 1 amide bonds. The van der Waals surface area contributed by atoms with Gasteiger partial charge in [-0.15, -0.1) is 0 Å². The molecule has 1 aromatic rings. The third kappa shape index (κ3) is 4.42. The van der Waals surface area contributed by atoms with Gasteiger partial charge < -0.3 is 10.1 Å². The van der Waals surface area contributed by atoms with Crippen molar-refractivity contribution in [3.05, 3.63) is 42.0 Å². The van der Waals surface area contributed by atoms with Gasteiger partial charge in [-0.05, 0) is 36.7 Å². The van der Waals surface area contributed by atoms with Crippen LogP contribution < -0.4 is 5.32 Å². The first kappa shape index (κ1) is 21.0. The highest BCUT2D eigenvalue weighted by Crippen LogP contribution is 2.54. The molecular formula is C24H34N2O2S. The number of benzene rings is 1. The fourth-order valence-electron chi connectivity index (χ4n) is 5.61. The summed E-state index contributed by atoms with van der Waals surface area (Å²) >= 11 is 1.73. The molecule has 0 saturated carbocycles. The van der Waals surface area contributed by atoms with Gasteiger partial charge in [0.15, 0.2) is 0 Å². The van der Waals surface area contributed by atoms with E-state index in [1.54, 1.807) is 11.8 Å². The van der Waals surface area contributed by atoms with Crippen molar-refractivity contribution >= 4 is 23.2 Å². The summed E-state index contributed by atoms with van der Waals surface area (Å²) in [6.07, 6.45) is 8.73. The molecule has 3 heterocycles. The summed E-state index contributed by atoms with van der Waals surface area (Å²) in [7, 11) is 0. The van der Waals surface area contributed by atoms with E-state index in [-0.39, 0.29) is 11.5 Å². The maximum Gasteiger partial charge on any atom is 0.220 e. The number of nitrogens with zero attached hydrogens (tertiary/aromatic N) is 1. The van der Waals surface area contributed by atoms with E-state index in [0.717, 1.165) is 44.8 Å². The first-order valence-corrected chi connectivity index (χ1v) is 12.4. The number of carbonyl (C=O) groups excluding carboxylic acids is 1. The van der Waals surface area contributed by atoms with Crippen LogP contribution in [-0.4, -0.2) is 60.7 Å². The van der Waals surface area contributed by atoms with Crippen LogP contribution in [0.5, 0.6) is 0 Å². The van der Waals surface area contributed by atoms with Gasteiger partial charge in [-0.1, -0.05) is 43.3 Å². The summed E-state index contributed by atoms with van der Waals surface area (Å²) in [5.74, 6) is 2.08. The molecule has 158 valence electrons. The Morgan fingerprint density at radius 2 is 2.21 bits per heavy atom. The average Bonchev–Trinajstić information content (AvgIpc) is 3.39. The maximum absolute atomic E-state index is 12.1. The van der Waals surface area contributed by atoms with Crippen LogP contribution in [0.3, 0.4) is 0 Å². The van der Waals surface area contributed by atoms with Gasteiger partial charge in [-0.2, -0.15) is 11.8 Å². The van der Waals surface area contributed by atoms with Crippen LogP contribution in [0.25, 0.3) is 5.57 Å². The van der Waals surface area contributed by atoms with Crippen molar-refractivity contribution in [2.24, 2.45) is 11.8 Å². The predicted octanol–water partition coefficient (Wildman–Crippen LogP) is 3.83. The fraction of sp³-hybridized carbons (Fsp3) is 0.625. The zero-order chi connectivity index (χ0) is 20.3. The van der Waals surface area contributed by atoms with Crippen LogP contribution in [-0.2, 0) is 9.53 Å². The third-order valence-corrected chi connectivity index (χ3v) is 7.52. The van der Waals surface area contributed by atoms with Gasteiger partial charge in [0.25, 0.3) is 0 Å². The lowest BCUT2D eigenvalue weighted by Gasteiger charge is -2.29. The first-order valence-electron chi connectivity index (χ1n) is 11.1. The number of nitrogens with one attached hydrogen (secondary N) is 1. The maximum atomic E-state index is 12.1. The molecule has 4 nitrogen and oxygen atoms in total. The van der Waals surface area contributed by atoms with E-state index in [4.69, 9.17) is 4.74 Å². The molecule has 4 rings (SSSR count). The topological polar surface area (TPSA) is 41.6 Å². The largest absolute Gasteiger partial charge is 0.370 e. The van der Waals surface area contributed by atoms with Crippen LogP contribution >= 0.6 is 11.8 Å². The van der Waals surface area contributed by atoms with Crippen molar-refractivity contribution in [3.63, 3.8) is 0 Å². The molecule has 3 saturated heterocycles. The number of likely N-dealkylation sites (tertiary alicyclic amines) is 1. The lowest BCUT2D eigenvalue weighted by atomic mass is 9.73. The summed E-state index contributed by atoms with van der Waals surface area (Å²) in [5.41, 5.74) is 2.76. The average molecular weight is 415 g/mol. The molecule has 1 N–H and O–H groups in total. The second kappa shape index (κ2) is 9.23. The molecule has 0 aromatic heterocycles. The predicted molar refractivity (Wildman–Crippen MR) is 121 cm³/mol. The molecule has 3 aliphatic heterocycles. The Labute approximate surface area is 179 Å². The van der Waals surface area contributed by atoms with E-state index in [1.807, 2.05) is 6.26 Å². The van der Waals surface area contributed by atoms with Crippen molar-refractivity contribution in [3.8, 4) is 0 Å². The summed E-state index contributed by atoms with van der Waals surface area (Å²) in [6, 6.07) is 10.8. The minimum absolute atomic E-state index is 0.0212. The highest BCUT2D eigenvalue weighted by Gasteiger charge is 2.62. The van der Waals surface area contributed by atoms with Gasteiger partial charge in [0.2, 0.25) is 5.91 Å². The van der Waals surface area contributed by atoms with E-state index < -0.39 is 0 Å². The highest BCUT2D eigenvalue weighted by atomic mass is 32.2. The number of hydrogen-bond donors (Lipinski definition) is 1. The fourth-order valence-corrected chi connectivity index (χ4v) is 6.00. The number of amides is 1. The quantitative estimate of drug-likeness (QED) is 0.667. The molecule has 1 spiro atoms. The van der Waals surface area contributed by atoms with Gasteiger partial charge in [-0.25, -0.2) is 0 Å². The van der Waals surface area contributed by atoms with Crippen molar-refractivity contribution in [2.45, 2.75) is 44.3 Å². The standard InChI is InChI=1S/C24H34N2O2S/c1-3-7-19(18-8-5-4-6-9-18)15-26-16-21-20(14-25-23(27)11-13-29-2)22-10-12-24(21,17-26)28-22/h4-9,20-22H,3,10-17H2,1-2H3,(H,25,27)/t20-,21+,22+,24+/m0/s1. The SMILES string of the molecule is CCC=C(CN1C[C@@H]2[C@H](CNC(=O)CCSC)[C@H]3CC[C@]2(C1)O3)c1ccccc1. The van der Waals surface area contributed by atoms with Crippen LogP contribution in [0.4, 0.5) is 0 Å². The van der Waals surface area contributed by atoms with Crippen molar-refractivity contribution in [2.75, 3.05) is 38.2 Å². The molecule has 29 heavy (non-hydrogen) atoms. The van der Waals surface area contributed by atoms with E-state index >= 15 is 0 Å². The highest BCUT2D eigenvalue weighted by molar-refractivity contribution is 7.98. The second-order valence-electron chi connectivity index (χ2n) is 8.75. The van der Waals surface area contributed by atoms with Crippen LogP contribution in [0.1, 0.15) is 38.2 Å². The summed E-state index contributed by atoms with van der Waals surface area (Å²) in [5, 5.41) is 3.19. The van der Waals surface area contributed by atoms with Crippen molar-refractivity contribution in [1.29, 1.82) is 0 Å². The van der Waals surface area contributed by atoms with Crippen LogP contribution in [0.2, 0.25) is 0 Å². The van der Waals surface area contributed by atoms with Gasteiger partial charge in [0.05, 0.1) is 11.7 Å². The molecule has 3 aliphatic rings. The Kier molecular flexibility index (Phi) is 6.67. The molecule has 1 aromatic carbocycles. The van der Waals surface area contributed by atoms with E-state index in [2.05, 4.69) is 53.5 Å². The zero-order valence-corrected chi connectivity index (χ0v) is 18.5. The summed E-state index contributed by atoms with van der Waals surface area (Å²) < 4.78 is 6.57. The van der Waals surface area contributed by atoms with Gasteiger partial charge in [-0.3, -0.25) is 9.69 Å². The van der Waals surface area contributed by atoms with Gasteiger partial charge in [0, 0.05) is 50.2 Å². The molecule has 5 heteroatoms. The van der Waals surface area contributed by atoms with E-state index in [9.17, 15) is 4.79 Å². The molecule has 2 bridgehead atoms. The molecular weight excluding hydrogens is 380 g/mol. The number of fused-ring (bicyclic) bond motifs is 1. The third-order valence-electron chi connectivity index (χ3n) is 6.91. The van der Waals surface area contributed by atoms with Crippen LogP contribution in [0.15, 0.2) is 36.4 Å². The monoisotopic (exact) mass is 414 g/mol. The lowest BCUT2D eigenvalue weighted by Crippen LogP contribution is -2.41.